The first-order chi connectivity index (χ1) is 21.8. The number of nitrogens with zero attached hydrogens (tertiary/aromatic N) is 3. The zero-order valence-electron chi connectivity index (χ0n) is 28.1. The summed E-state index contributed by atoms with van der Waals surface area (Å²) < 4.78 is 41.0. The lowest BCUT2D eigenvalue weighted by atomic mass is 9.85. The lowest BCUT2D eigenvalue weighted by molar-refractivity contribution is -0.0517. The molecule has 1 aliphatic carbocycles. The zero-order valence-corrected chi connectivity index (χ0v) is 31.1. The van der Waals surface area contributed by atoms with Crippen molar-refractivity contribution in [2.45, 2.75) is 110 Å². The Morgan fingerprint density at radius 2 is 1.83 bits per heavy atom. The number of halogens is 1. The minimum absolute atomic E-state index is 0.0504. The van der Waals surface area contributed by atoms with Gasteiger partial charge in [0.1, 0.15) is 18.2 Å². The van der Waals surface area contributed by atoms with Gasteiger partial charge in [-0.3, -0.25) is 15.5 Å². The van der Waals surface area contributed by atoms with Crippen molar-refractivity contribution in [3.8, 4) is 0 Å². The molecule has 9 nitrogen and oxygen atoms in total. The van der Waals surface area contributed by atoms with Crippen LogP contribution in [-0.2, 0) is 28.4 Å². The minimum Gasteiger partial charge on any atom is -0.362 e. The molecule has 3 fully saturated rings. The minimum atomic E-state index is -3.58. The molecule has 3 aliphatic rings. The molecule has 46 heavy (non-hydrogen) atoms. The summed E-state index contributed by atoms with van der Waals surface area (Å²) in [7, 11) is -1.51. The zero-order chi connectivity index (χ0) is 32.8. The van der Waals surface area contributed by atoms with E-state index in [1.807, 2.05) is 0 Å². The second-order valence-corrected chi connectivity index (χ2v) is 18.2. The highest BCUT2D eigenvalue weighted by molar-refractivity contribution is 14.1. The van der Waals surface area contributed by atoms with E-state index >= 15 is 0 Å². The summed E-state index contributed by atoms with van der Waals surface area (Å²) in [5.41, 5.74) is 5.72. The topological polar surface area (TPSA) is 101 Å². The van der Waals surface area contributed by atoms with E-state index < -0.39 is 21.6 Å². The van der Waals surface area contributed by atoms with Gasteiger partial charge in [-0.2, -0.15) is 4.72 Å². The Labute approximate surface area is 288 Å². The van der Waals surface area contributed by atoms with E-state index in [2.05, 4.69) is 125 Å². The normalized spacial score (nSPS) is 29.5. The van der Waals surface area contributed by atoms with E-state index in [-0.39, 0.29) is 29.6 Å². The number of sulfonamides is 1. The smallest absolute Gasteiger partial charge is 0.216 e. The van der Waals surface area contributed by atoms with Crippen LogP contribution in [0.25, 0.3) is 11.0 Å². The molecule has 6 rings (SSSR count). The average molecular weight is 763 g/mol. The van der Waals surface area contributed by atoms with E-state index in [4.69, 9.17) is 9.72 Å². The number of nitrogens with one attached hydrogen (secondary N) is 3. The summed E-state index contributed by atoms with van der Waals surface area (Å²) in [6.45, 7) is 13.2. The van der Waals surface area contributed by atoms with Gasteiger partial charge in [0.25, 0.3) is 0 Å². The van der Waals surface area contributed by atoms with Gasteiger partial charge in [0.2, 0.25) is 10.0 Å². The fourth-order valence-corrected chi connectivity index (χ4v) is 10.1. The highest BCUT2D eigenvalue weighted by Gasteiger charge is 2.39. The number of ether oxygens (including phenoxy) is 1. The van der Waals surface area contributed by atoms with Crippen LogP contribution in [0.2, 0.25) is 0 Å². The van der Waals surface area contributed by atoms with Crippen LogP contribution in [0.3, 0.4) is 0 Å². The molecule has 3 N–H and O–H groups in total. The van der Waals surface area contributed by atoms with Crippen LogP contribution in [0, 0.1) is 28.9 Å². The Morgan fingerprint density at radius 1 is 1.07 bits per heavy atom. The third-order valence-corrected chi connectivity index (χ3v) is 13.0. The number of rotatable bonds is 4. The highest BCUT2D eigenvalue weighted by Crippen LogP contribution is 2.34. The first kappa shape index (κ1) is 34.3. The van der Waals surface area contributed by atoms with Gasteiger partial charge in [0.05, 0.1) is 21.3 Å². The van der Waals surface area contributed by atoms with Crippen LogP contribution in [0.4, 0.5) is 0 Å². The molecule has 252 valence electrons. The molecule has 0 spiro atoms. The summed E-state index contributed by atoms with van der Waals surface area (Å²) in [6, 6.07) is 12.9. The number of aromatic nitrogens is 2. The van der Waals surface area contributed by atoms with Gasteiger partial charge in [0, 0.05) is 44.0 Å². The van der Waals surface area contributed by atoms with E-state index in [1.54, 1.807) is 0 Å². The maximum absolute atomic E-state index is 13.9. The Bertz CT molecular complexity index is 1630. The monoisotopic (exact) mass is 762 g/mol. The molecule has 1 saturated carbocycles. The van der Waals surface area contributed by atoms with Crippen molar-refractivity contribution >= 4 is 43.6 Å². The lowest BCUT2D eigenvalue weighted by Gasteiger charge is -2.41. The van der Waals surface area contributed by atoms with E-state index in [1.165, 1.54) is 16.7 Å². The first-order valence-electron chi connectivity index (χ1n) is 16.8. The van der Waals surface area contributed by atoms with Crippen molar-refractivity contribution in [3.05, 3.63) is 62.5 Å². The Balaban J connectivity index is 1.36. The molecule has 0 radical (unpaired) electrons. The quantitative estimate of drug-likeness (QED) is 0.288. The standard InChI is InChI=1S/C35H51IN6O3S/c1-22-9-7-10-23(2)32(22)29-17-31-39-34(38-29)40-46(43,44)28-12-8-11-24(15-28)19-42(27(21-45-31)18-35(3,4)5)20-26-14-13-25-16-30(36)41(6)33(25)37-26/h7,9-10,13-14,16,24,27-29,31,34,38-40H,8,11-12,15,17-21H2,1-6H3/t24?,27-,28?,29?,31?,34?/m1/s1. The third-order valence-electron chi connectivity index (χ3n) is 10.1. The summed E-state index contributed by atoms with van der Waals surface area (Å²) in [4.78, 5) is 7.68. The number of hydrogen-bond donors (Lipinski definition) is 3. The number of aryl methyl sites for hydroxylation is 3. The molecular weight excluding hydrogens is 711 g/mol. The molecule has 4 bridgehead atoms. The van der Waals surface area contributed by atoms with Gasteiger partial charge in [-0.25, -0.2) is 13.4 Å². The second-order valence-electron chi connectivity index (χ2n) is 15.1. The maximum atomic E-state index is 13.9. The molecule has 3 aromatic rings. The van der Waals surface area contributed by atoms with Crippen LogP contribution >= 0.6 is 22.6 Å². The summed E-state index contributed by atoms with van der Waals surface area (Å²) >= 11 is 2.36. The summed E-state index contributed by atoms with van der Waals surface area (Å²) in [5, 5.41) is 7.80. The van der Waals surface area contributed by atoms with Crippen LogP contribution in [0.15, 0.2) is 36.4 Å². The number of pyridine rings is 1. The third kappa shape index (κ3) is 7.82. The van der Waals surface area contributed by atoms with Gasteiger partial charge in [-0.1, -0.05) is 45.4 Å². The SMILES string of the molecule is Cc1cccc(C)c1C1CC2NC(N1)NS(=O)(=O)C1CCCC(C1)CN(Cc1ccc3cc(I)n(C)c3n1)[C@H](CC(C)(C)C)CO2. The van der Waals surface area contributed by atoms with Gasteiger partial charge in [-0.05, 0) is 108 Å². The van der Waals surface area contributed by atoms with Crippen molar-refractivity contribution in [1.82, 2.24) is 29.8 Å². The molecule has 4 heterocycles. The predicted octanol–water partition coefficient (Wildman–Crippen LogP) is 5.84. The van der Waals surface area contributed by atoms with E-state index in [0.29, 0.717) is 32.4 Å². The largest absolute Gasteiger partial charge is 0.362 e. The van der Waals surface area contributed by atoms with Gasteiger partial charge in [-0.15, -0.1) is 0 Å². The molecule has 5 unspecified atom stereocenters. The second kappa shape index (κ2) is 13.7. The van der Waals surface area contributed by atoms with Crippen molar-refractivity contribution in [3.63, 3.8) is 0 Å². The van der Waals surface area contributed by atoms with Crippen LogP contribution in [0.5, 0.6) is 0 Å². The number of fused-ring (bicyclic) bond motifs is 5. The average Bonchev–Trinajstić information content (AvgIpc) is 3.26. The molecule has 1 aromatic carbocycles. The Hall–Kier alpha value is -1.61. The van der Waals surface area contributed by atoms with Crippen LogP contribution in [-0.4, -0.2) is 59.8 Å². The van der Waals surface area contributed by atoms with Crippen molar-refractivity contribution in [2.24, 2.45) is 18.4 Å². The van der Waals surface area contributed by atoms with Gasteiger partial charge in [0.15, 0.2) is 0 Å². The fraction of sp³-hybridized carbons (Fsp3) is 0.629. The number of hydrogen-bond acceptors (Lipinski definition) is 7. The van der Waals surface area contributed by atoms with Crippen molar-refractivity contribution < 1.29 is 13.2 Å². The molecule has 11 heteroatoms. The molecule has 6 atom stereocenters. The maximum Gasteiger partial charge on any atom is 0.216 e. The molecule has 2 aromatic heterocycles. The first-order valence-corrected chi connectivity index (χ1v) is 19.4. The van der Waals surface area contributed by atoms with Gasteiger partial charge >= 0.3 is 0 Å². The Morgan fingerprint density at radius 3 is 2.57 bits per heavy atom. The molecular formula is C35H51IN6O3S. The van der Waals surface area contributed by atoms with E-state index in [9.17, 15) is 8.42 Å². The molecule has 0 amide bonds. The summed E-state index contributed by atoms with van der Waals surface area (Å²) in [5.74, 6) is 0.279. The predicted molar refractivity (Wildman–Crippen MR) is 193 cm³/mol. The number of benzene rings is 1. The van der Waals surface area contributed by atoms with E-state index in [0.717, 1.165) is 46.2 Å². The molecule has 2 aliphatic heterocycles. The van der Waals surface area contributed by atoms with Crippen molar-refractivity contribution in [1.29, 1.82) is 0 Å². The lowest BCUT2D eigenvalue weighted by Crippen LogP contribution is -2.64. The van der Waals surface area contributed by atoms with Crippen molar-refractivity contribution in [2.75, 3.05) is 13.2 Å². The molecule has 2 saturated heterocycles. The fourth-order valence-electron chi connectivity index (χ4n) is 7.90. The van der Waals surface area contributed by atoms with Gasteiger partial charge < -0.3 is 9.30 Å². The van der Waals surface area contributed by atoms with Crippen LogP contribution in [0.1, 0.15) is 87.7 Å². The van der Waals surface area contributed by atoms with Crippen LogP contribution < -0.4 is 15.4 Å². The highest BCUT2D eigenvalue weighted by atomic mass is 127. The summed E-state index contributed by atoms with van der Waals surface area (Å²) in [6.07, 6.45) is 4.02. The Kier molecular flexibility index (Phi) is 10.2.